The van der Waals surface area contributed by atoms with Gasteiger partial charge in [-0.2, -0.15) is 0 Å². The van der Waals surface area contributed by atoms with E-state index in [4.69, 9.17) is 0 Å². The van der Waals surface area contributed by atoms with Crippen LogP contribution >= 0.6 is 0 Å². The fraction of sp³-hybridized carbons (Fsp3) is 0.312. The number of rotatable bonds is 4. The third-order valence-electron chi connectivity index (χ3n) is 8.77. The summed E-state index contributed by atoms with van der Waals surface area (Å²) in [5.41, 5.74) is 4.51. The lowest BCUT2D eigenvalue weighted by molar-refractivity contribution is -0.140. The number of benzene rings is 2. The number of nitrogens with zero attached hydrogens (tertiary/aromatic N) is 1. The fourth-order valence-corrected chi connectivity index (χ4v) is 6.79. The highest BCUT2D eigenvalue weighted by Crippen LogP contribution is 2.55. The molecule has 0 saturated carbocycles. The summed E-state index contributed by atoms with van der Waals surface area (Å²) in [7, 11) is 0. The minimum Gasteiger partial charge on any atom is -0.508 e. The predicted molar refractivity (Wildman–Crippen MR) is 143 cm³/mol. The number of imide groups is 1. The molecule has 39 heavy (non-hydrogen) atoms. The van der Waals surface area contributed by atoms with Gasteiger partial charge >= 0.3 is 0 Å². The molecule has 7 nitrogen and oxygen atoms in total. The Morgan fingerprint density at radius 3 is 2.38 bits per heavy atom. The van der Waals surface area contributed by atoms with Gasteiger partial charge in [0.15, 0.2) is 11.6 Å². The molecule has 6 rings (SSSR count). The number of carbonyl (C=O) groups excluding carboxylic acids is 4. The Kier molecular flexibility index (Phi) is 5.90. The molecule has 1 aliphatic heterocycles. The van der Waals surface area contributed by atoms with Crippen molar-refractivity contribution in [2.45, 2.75) is 39.0 Å². The minimum atomic E-state index is -0.595. The highest BCUT2D eigenvalue weighted by atomic mass is 16.3. The Morgan fingerprint density at radius 2 is 1.67 bits per heavy atom. The first-order chi connectivity index (χ1) is 18.7. The molecule has 0 aromatic heterocycles. The van der Waals surface area contributed by atoms with E-state index < -0.39 is 17.8 Å². The van der Waals surface area contributed by atoms with Crippen molar-refractivity contribution >= 4 is 23.4 Å². The van der Waals surface area contributed by atoms with Crippen molar-refractivity contribution in [3.63, 3.8) is 0 Å². The van der Waals surface area contributed by atoms with Crippen LogP contribution in [0.1, 0.15) is 42.4 Å². The van der Waals surface area contributed by atoms with E-state index in [2.05, 4.69) is 0 Å². The maximum Gasteiger partial charge on any atom is 0.233 e. The Morgan fingerprint density at radius 1 is 0.923 bits per heavy atom. The largest absolute Gasteiger partial charge is 0.508 e. The molecule has 4 aliphatic rings. The molecule has 2 amide bonds. The van der Waals surface area contributed by atoms with Crippen molar-refractivity contribution in [1.29, 1.82) is 0 Å². The second-order valence-corrected chi connectivity index (χ2v) is 11.0. The number of aryl methyl sites for hydroxylation is 1. The van der Waals surface area contributed by atoms with Crippen LogP contribution in [0.5, 0.6) is 11.5 Å². The van der Waals surface area contributed by atoms with E-state index in [-0.39, 0.29) is 53.8 Å². The van der Waals surface area contributed by atoms with E-state index in [0.717, 1.165) is 16.7 Å². The van der Waals surface area contributed by atoms with Gasteiger partial charge in [0.2, 0.25) is 11.8 Å². The van der Waals surface area contributed by atoms with Crippen LogP contribution in [-0.2, 0) is 25.6 Å². The summed E-state index contributed by atoms with van der Waals surface area (Å²) in [4.78, 5) is 55.3. The number of aromatic hydroxyl groups is 2. The van der Waals surface area contributed by atoms with E-state index in [0.29, 0.717) is 35.1 Å². The number of amides is 2. The molecule has 0 spiro atoms. The van der Waals surface area contributed by atoms with Gasteiger partial charge in [-0.1, -0.05) is 35.9 Å². The number of Topliss-reactive ketones (excluding diaryl/α,β-unsaturated/α-hetero) is 1. The summed E-state index contributed by atoms with van der Waals surface area (Å²) >= 11 is 0. The molecule has 0 bridgehead atoms. The van der Waals surface area contributed by atoms with E-state index >= 15 is 0 Å². The molecule has 198 valence electrons. The van der Waals surface area contributed by atoms with Crippen LogP contribution in [0.2, 0.25) is 0 Å². The molecule has 7 heteroatoms. The first kappa shape index (κ1) is 25.0. The van der Waals surface area contributed by atoms with Crippen molar-refractivity contribution in [3.05, 3.63) is 93.6 Å². The number of hydrogen-bond acceptors (Lipinski definition) is 6. The van der Waals surface area contributed by atoms with Crippen molar-refractivity contribution in [2.24, 2.45) is 17.8 Å². The highest BCUT2D eigenvalue weighted by molar-refractivity contribution is 6.23. The molecule has 1 saturated heterocycles. The molecule has 0 radical (unpaired) electrons. The number of allylic oxidation sites excluding steroid dienone is 6. The number of likely N-dealkylation sites (tertiary alicyclic amines) is 1. The second kappa shape index (κ2) is 9.19. The summed E-state index contributed by atoms with van der Waals surface area (Å²) < 4.78 is 0. The zero-order chi connectivity index (χ0) is 27.6. The standard InChI is InChI=1S/C32H29NO6/c1-16-13-19(5-10-25(16)35)27-21-8-9-22-28(23(21)15-24-26(36)14-17(2)30(37)29(24)27)32(39)33(31(22)38)12-11-18-3-6-20(34)7-4-18/h3-8,10,13-14,22-23,27-28,34-35H,9,11-12,15H2,1-2H3/t22-,23+,27-,28-/m0/s1. The van der Waals surface area contributed by atoms with Gasteiger partial charge < -0.3 is 10.2 Å². The number of phenols is 2. The van der Waals surface area contributed by atoms with E-state index in [1.807, 2.05) is 12.1 Å². The molecule has 2 aromatic carbocycles. The maximum absolute atomic E-state index is 13.8. The zero-order valence-electron chi connectivity index (χ0n) is 21.8. The van der Waals surface area contributed by atoms with E-state index in [1.54, 1.807) is 50.2 Å². The summed E-state index contributed by atoms with van der Waals surface area (Å²) in [5.74, 6) is -2.51. The zero-order valence-corrected chi connectivity index (χ0v) is 21.8. The number of carbonyl (C=O) groups is 4. The number of hydrogen-bond donors (Lipinski definition) is 2. The average molecular weight is 524 g/mol. The quantitative estimate of drug-likeness (QED) is 0.355. The van der Waals surface area contributed by atoms with Gasteiger partial charge in [0, 0.05) is 29.2 Å². The van der Waals surface area contributed by atoms with Gasteiger partial charge in [-0.3, -0.25) is 24.1 Å². The van der Waals surface area contributed by atoms with E-state index in [1.165, 1.54) is 11.0 Å². The molecule has 1 heterocycles. The van der Waals surface area contributed by atoms with Gasteiger partial charge in [0.25, 0.3) is 0 Å². The van der Waals surface area contributed by atoms with Crippen molar-refractivity contribution in [3.8, 4) is 11.5 Å². The second-order valence-electron chi connectivity index (χ2n) is 11.0. The number of phenolic OH excluding ortho intramolecular Hbond substituents is 2. The fourth-order valence-electron chi connectivity index (χ4n) is 6.79. The van der Waals surface area contributed by atoms with Gasteiger partial charge in [-0.25, -0.2) is 0 Å². The minimum absolute atomic E-state index is 0.140. The van der Waals surface area contributed by atoms with Gasteiger partial charge in [-0.15, -0.1) is 0 Å². The monoisotopic (exact) mass is 523 g/mol. The number of fused-ring (bicyclic) bond motifs is 3. The van der Waals surface area contributed by atoms with Crippen molar-refractivity contribution in [1.82, 2.24) is 4.90 Å². The molecular weight excluding hydrogens is 494 g/mol. The summed E-state index contributed by atoms with van der Waals surface area (Å²) in [6.45, 7) is 3.67. The first-order valence-corrected chi connectivity index (χ1v) is 13.3. The van der Waals surface area contributed by atoms with Crippen molar-refractivity contribution in [2.75, 3.05) is 6.54 Å². The van der Waals surface area contributed by atoms with Crippen molar-refractivity contribution < 1.29 is 29.4 Å². The van der Waals surface area contributed by atoms with Crippen LogP contribution in [0.4, 0.5) is 0 Å². The normalized spacial score (nSPS) is 26.3. The predicted octanol–water partition coefficient (Wildman–Crippen LogP) is 4.08. The van der Waals surface area contributed by atoms with Crippen LogP contribution in [0.15, 0.2) is 76.9 Å². The summed E-state index contributed by atoms with van der Waals surface area (Å²) in [5, 5.41) is 19.7. The van der Waals surface area contributed by atoms with Crippen LogP contribution in [0, 0.1) is 24.7 Å². The Labute approximate surface area is 226 Å². The van der Waals surface area contributed by atoms with Crippen LogP contribution < -0.4 is 0 Å². The van der Waals surface area contributed by atoms with Gasteiger partial charge in [0.1, 0.15) is 11.5 Å². The van der Waals surface area contributed by atoms with Crippen LogP contribution in [0.3, 0.4) is 0 Å². The smallest absolute Gasteiger partial charge is 0.233 e. The molecule has 2 N–H and O–H groups in total. The third kappa shape index (κ3) is 3.95. The lowest BCUT2D eigenvalue weighted by Crippen LogP contribution is -2.40. The molecule has 3 aliphatic carbocycles. The van der Waals surface area contributed by atoms with Crippen LogP contribution in [0.25, 0.3) is 0 Å². The summed E-state index contributed by atoms with van der Waals surface area (Å²) in [6, 6.07) is 11.9. The molecule has 1 fully saturated rings. The topological polar surface area (TPSA) is 112 Å². The van der Waals surface area contributed by atoms with Gasteiger partial charge in [0.05, 0.1) is 11.8 Å². The van der Waals surface area contributed by atoms with Gasteiger partial charge in [-0.05, 0) is 80.0 Å². The lowest BCUT2D eigenvalue weighted by atomic mass is 9.59. The third-order valence-corrected chi connectivity index (χ3v) is 8.77. The average Bonchev–Trinajstić information content (AvgIpc) is 3.16. The molecular formula is C32H29NO6. The summed E-state index contributed by atoms with van der Waals surface area (Å²) in [6.07, 6.45) is 4.49. The Bertz CT molecular complexity index is 1540. The highest BCUT2D eigenvalue weighted by Gasteiger charge is 2.56. The lowest BCUT2D eigenvalue weighted by Gasteiger charge is -2.42. The maximum atomic E-state index is 13.8. The molecule has 2 aromatic rings. The Hall–Kier alpha value is -4.26. The Balaban J connectivity index is 1.38. The number of ketones is 2. The van der Waals surface area contributed by atoms with E-state index in [9.17, 15) is 29.4 Å². The molecule has 0 unspecified atom stereocenters. The SMILES string of the molecule is CC1=CC(=O)C2=C(C1=O)[C@@H](c1ccc(O)c(C)c1)C1=CC[C@@H]3C(=O)N(CCc4ccc(O)cc4)C(=O)[C@@H]3[C@@H]1C2. The molecule has 4 atom stereocenters. The van der Waals surface area contributed by atoms with Crippen LogP contribution in [-0.4, -0.2) is 45.0 Å². The first-order valence-electron chi connectivity index (χ1n) is 13.3.